The number of nitrogens with one attached hydrogen (secondary N) is 3. The summed E-state index contributed by atoms with van der Waals surface area (Å²) >= 11 is 1.39. The van der Waals surface area contributed by atoms with E-state index in [1.807, 2.05) is 88.4 Å². The summed E-state index contributed by atoms with van der Waals surface area (Å²) in [4.78, 5) is 40.2. The van der Waals surface area contributed by atoms with Gasteiger partial charge < -0.3 is 20.7 Å². The zero-order chi connectivity index (χ0) is 30.8. The summed E-state index contributed by atoms with van der Waals surface area (Å²) in [6.45, 7) is 8.24. The molecule has 3 N–H and O–H groups in total. The molecule has 4 aromatic rings. The molecule has 0 radical (unpaired) electrons. The molecule has 3 amide bonds. The Bertz CT molecular complexity index is 1620. The molecule has 0 heterocycles. The molecule has 4 rings (SSSR count). The number of hydrogen-bond donors (Lipinski definition) is 3. The van der Waals surface area contributed by atoms with Crippen LogP contribution in [-0.4, -0.2) is 29.6 Å². The summed E-state index contributed by atoms with van der Waals surface area (Å²) < 4.78 is 5.51. The molecule has 0 saturated heterocycles. The number of ether oxygens (including phenoxy) is 1. The maximum Gasteiger partial charge on any atom is 0.272 e. The minimum absolute atomic E-state index is 0.0809. The Morgan fingerprint density at radius 1 is 0.860 bits per heavy atom. The molecule has 43 heavy (non-hydrogen) atoms. The number of benzene rings is 4. The first kappa shape index (κ1) is 31.1. The molecule has 0 spiro atoms. The molecule has 0 aliphatic heterocycles. The van der Waals surface area contributed by atoms with Crippen molar-refractivity contribution in [2.45, 2.75) is 37.8 Å². The van der Waals surface area contributed by atoms with Gasteiger partial charge in [-0.1, -0.05) is 48.5 Å². The number of carbonyl (C=O) groups is 3. The van der Waals surface area contributed by atoms with Crippen molar-refractivity contribution in [3.63, 3.8) is 0 Å². The van der Waals surface area contributed by atoms with Gasteiger partial charge in [-0.2, -0.15) is 0 Å². The Labute approximate surface area is 256 Å². The Balaban J connectivity index is 1.49. The Kier molecular flexibility index (Phi) is 10.8. The third-order valence-corrected chi connectivity index (χ3v) is 7.55. The highest BCUT2D eigenvalue weighted by Crippen LogP contribution is 2.27. The monoisotopic (exact) mass is 593 g/mol. The minimum Gasteiger partial charge on any atom is -0.494 e. The summed E-state index contributed by atoms with van der Waals surface area (Å²) in [5.41, 5.74) is 4.62. The van der Waals surface area contributed by atoms with Crippen LogP contribution in [-0.2, 0) is 9.59 Å². The predicted octanol–water partition coefficient (Wildman–Crippen LogP) is 7.23. The zero-order valence-corrected chi connectivity index (χ0v) is 25.5. The van der Waals surface area contributed by atoms with Crippen molar-refractivity contribution in [1.82, 2.24) is 5.32 Å². The smallest absolute Gasteiger partial charge is 0.272 e. The van der Waals surface area contributed by atoms with E-state index in [1.165, 1.54) is 11.8 Å². The molecule has 0 bridgehead atoms. The summed E-state index contributed by atoms with van der Waals surface area (Å²) in [6.07, 6.45) is 1.62. The van der Waals surface area contributed by atoms with Gasteiger partial charge in [0, 0.05) is 21.8 Å². The lowest BCUT2D eigenvalue weighted by molar-refractivity contribution is -0.115. The van der Waals surface area contributed by atoms with Crippen molar-refractivity contribution in [3.8, 4) is 5.75 Å². The van der Waals surface area contributed by atoms with Gasteiger partial charge in [0.15, 0.2) is 0 Å². The number of anilines is 2. The largest absolute Gasteiger partial charge is 0.494 e. The third-order valence-electron chi connectivity index (χ3n) is 6.46. The van der Waals surface area contributed by atoms with Gasteiger partial charge in [0.25, 0.3) is 11.8 Å². The average Bonchev–Trinajstić information content (AvgIpc) is 3.00. The summed E-state index contributed by atoms with van der Waals surface area (Å²) in [5.74, 6) is -0.287. The van der Waals surface area contributed by atoms with E-state index in [4.69, 9.17) is 4.74 Å². The van der Waals surface area contributed by atoms with E-state index < -0.39 is 11.8 Å². The maximum absolute atomic E-state index is 13.5. The molecule has 8 heteroatoms. The fourth-order valence-electron chi connectivity index (χ4n) is 4.14. The number of aryl methyl sites for hydroxylation is 2. The number of thioether (sulfide) groups is 1. The van der Waals surface area contributed by atoms with Crippen LogP contribution >= 0.6 is 11.8 Å². The van der Waals surface area contributed by atoms with Gasteiger partial charge in [-0.15, -0.1) is 11.8 Å². The first-order chi connectivity index (χ1) is 20.7. The quantitative estimate of drug-likeness (QED) is 0.126. The molecule has 0 aromatic heterocycles. The van der Waals surface area contributed by atoms with E-state index in [0.29, 0.717) is 23.6 Å². The van der Waals surface area contributed by atoms with Crippen LogP contribution in [0.3, 0.4) is 0 Å². The Morgan fingerprint density at radius 3 is 2.33 bits per heavy atom. The average molecular weight is 594 g/mol. The van der Waals surface area contributed by atoms with Crippen molar-refractivity contribution >= 4 is 46.9 Å². The van der Waals surface area contributed by atoms with Gasteiger partial charge in [-0.25, -0.2) is 0 Å². The van der Waals surface area contributed by atoms with E-state index >= 15 is 0 Å². The number of hydrogen-bond acceptors (Lipinski definition) is 5. The molecule has 1 unspecified atom stereocenters. The molecule has 1 atom stereocenters. The predicted molar refractivity (Wildman–Crippen MR) is 174 cm³/mol. The topological polar surface area (TPSA) is 96.5 Å². The van der Waals surface area contributed by atoms with Crippen molar-refractivity contribution in [2.75, 3.05) is 17.2 Å². The van der Waals surface area contributed by atoms with E-state index in [1.54, 1.807) is 42.5 Å². The van der Waals surface area contributed by atoms with E-state index in [-0.39, 0.29) is 16.9 Å². The van der Waals surface area contributed by atoms with Gasteiger partial charge in [0.2, 0.25) is 5.91 Å². The second kappa shape index (κ2) is 14.9. The van der Waals surface area contributed by atoms with Crippen molar-refractivity contribution < 1.29 is 19.1 Å². The third kappa shape index (κ3) is 9.08. The van der Waals surface area contributed by atoms with Gasteiger partial charge in [-0.05, 0) is 99.0 Å². The molecular weight excluding hydrogens is 558 g/mol. The molecule has 0 aliphatic carbocycles. The van der Waals surface area contributed by atoms with Gasteiger partial charge >= 0.3 is 0 Å². The van der Waals surface area contributed by atoms with Crippen LogP contribution in [0.4, 0.5) is 11.4 Å². The molecule has 7 nitrogen and oxygen atoms in total. The van der Waals surface area contributed by atoms with Crippen LogP contribution in [0.15, 0.2) is 108 Å². The number of rotatable bonds is 11. The number of carbonyl (C=O) groups excluding carboxylic acids is 3. The summed E-state index contributed by atoms with van der Waals surface area (Å²) in [5, 5.41) is 8.27. The van der Waals surface area contributed by atoms with E-state index in [9.17, 15) is 14.4 Å². The lowest BCUT2D eigenvalue weighted by Crippen LogP contribution is -2.30. The first-order valence-electron chi connectivity index (χ1n) is 14.0. The second-order valence-corrected chi connectivity index (χ2v) is 11.3. The fraction of sp³-hybridized carbons (Fsp3) is 0.171. The Hall–Kier alpha value is -4.82. The van der Waals surface area contributed by atoms with Crippen LogP contribution in [0.5, 0.6) is 5.75 Å². The first-order valence-corrected chi connectivity index (χ1v) is 14.9. The highest BCUT2D eigenvalue weighted by atomic mass is 32.2. The van der Waals surface area contributed by atoms with Gasteiger partial charge in [-0.3, -0.25) is 14.4 Å². The second-order valence-electron chi connectivity index (χ2n) is 9.93. The maximum atomic E-state index is 13.5. The summed E-state index contributed by atoms with van der Waals surface area (Å²) in [6, 6.07) is 29.2. The van der Waals surface area contributed by atoms with Gasteiger partial charge in [0.1, 0.15) is 11.4 Å². The van der Waals surface area contributed by atoms with Crippen LogP contribution in [0.25, 0.3) is 6.08 Å². The van der Waals surface area contributed by atoms with Crippen molar-refractivity contribution in [1.29, 1.82) is 0 Å². The molecule has 220 valence electrons. The Morgan fingerprint density at radius 2 is 1.60 bits per heavy atom. The minimum atomic E-state index is -0.485. The van der Waals surface area contributed by atoms with Crippen molar-refractivity contribution in [3.05, 3.63) is 125 Å². The number of amides is 3. The molecule has 4 aromatic carbocycles. The highest BCUT2D eigenvalue weighted by Gasteiger charge is 2.18. The highest BCUT2D eigenvalue weighted by molar-refractivity contribution is 8.00. The lowest BCUT2D eigenvalue weighted by Gasteiger charge is -2.15. The molecular formula is C35H35N3O4S. The van der Waals surface area contributed by atoms with E-state index in [0.717, 1.165) is 27.3 Å². The molecule has 0 aliphatic rings. The zero-order valence-electron chi connectivity index (χ0n) is 24.6. The SMILES string of the molecule is CCOc1ccc(/C=C(/NC(=O)c2ccccc2)C(=O)Nc2cccc(SC(C)C(=O)Nc3cc(C)ccc3C)c2)cc1. The molecule has 0 fully saturated rings. The normalized spacial score (nSPS) is 11.8. The lowest BCUT2D eigenvalue weighted by atomic mass is 10.1. The van der Waals surface area contributed by atoms with Crippen LogP contribution < -0.4 is 20.7 Å². The van der Waals surface area contributed by atoms with Crippen LogP contribution in [0.1, 0.15) is 40.9 Å². The van der Waals surface area contributed by atoms with E-state index in [2.05, 4.69) is 16.0 Å². The fourth-order valence-corrected chi connectivity index (χ4v) is 5.07. The van der Waals surface area contributed by atoms with Gasteiger partial charge in [0.05, 0.1) is 11.9 Å². The standard InChI is InChI=1S/C35H35N3O4S/c1-5-42-29-18-16-26(17-19-29)21-32(38-34(40)27-10-7-6-8-11-27)35(41)36-28-12-9-13-30(22-28)43-25(4)33(39)37-31-20-23(2)14-15-24(31)3/h6-22,25H,5H2,1-4H3,(H,36,41)(H,37,39)(H,38,40)/b32-21+. The molecule has 0 saturated carbocycles. The van der Waals surface area contributed by atoms with Crippen LogP contribution in [0, 0.1) is 13.8 Å². The van der Waals surface area contributed by atoms with Crippen molar-refractivity contribution in [2.24, 2.45) is 0 Å². The van der Waals surface area contributed by atoms with Crippen LogP contribution in [0.2, 0.25) is 0 Å². The summed E-state index contributed by atoms with van der Waals surface area (Å²) in [7, 11) is 0.